The Kier molecular flexibility index (Phi) is 5.64. The molecule has 0 bridgehead atoms. The molecule has 1 heterocycles. The van der Waals surface area contributed by atoms with E-state index in [-0.39, 0.29) is 0 Å². The first kappa shape index (κ1) is 17.4. The highest BCUT2D eigenvalue weighted by Gasteiger charge is 2.09. The highest BCUT2D eigenvalue weighted by Crippen LogP contribution is 2.28. The SMILES string of the molecule is CCOc1ccc(-c2csc(/C(C#N)=C/c3ccc(Br)cc3)n2)cc1. The van der Waals surface area contributed by atoms with Crippen LogP contribution in [0.15, 0.2) is 58.4 Å². The molecule has 25 heavy (non-hydrogen) atoms. The van der Waals surface area contributed by atoms with E-state index in [0.29, 0.717) is 17.2 Å². The van der Waals surface area contributed by atoms with Crippen LogP contribution in [0.1, 0.15) is 17.5 Å². The molecule has 3 aromatic rings. The molecule has 0 spiro atoms. The van der Waals surface area contributed by atoms with E-state index >= 15 is 0 Å². The van der Waals surface area contributed by atoms with Gasteiger partial charge in [-0.2, -0.15) is 5.26 Å². The standard InChI is InChI=1S/C20H15BrN2OS/c1-2-24-18-9-5-15(6-10-18)19-13-25-20(23-19)16(12-22)11-14-3-7-17(21)8-4-14/h3-11,13H,2H2,1H3/b16-11+. The van der Waals surface area contributed by atoms with Crippen LogP contribution >= 0.6 is 27.3 Å². The highest BCUT2D eigenvalue weighted by atomic mass is 79.9. The molecule has 0 amide bonds. The van der Waals surface area contributed by atoms with Gasteiger partial charge in [-0.25, -0.2) is 4.98 Å². The predicted molar refractivity (Wildman–Crippen MR) is 106 cm³/mol. The minimum atomic E-state index is 0.560. The van der Waals surface area contributed by atoms with Gasteiger partial charge in [0.2, 0.25) is 0 Å². The predicted octanol–water partition coefficient (Wildman–Crippen LogP) is 6.04. The lowest BCUT2D eigenvalue weighted by molar-refractivity contribution is 0.340. The molecule has 124 valence electrons. The number of benzene rings is 2. The Morgan fingerprint density at radius 1 is 1.20 bits per heavy atom. The molecule has 5 heteroatoms. The second kappa shape index (κ2) is 8.11. The molecule has 0 unspecified atom stereocenters. The molecule has 0 atom stereocenters. The zero-order valence-electron chi connectivity index (χ0n) is 13.6. The molecular formula is C20H15BrN2OS. The van der Waals surface area contributed by atoms with E-state index in [1.54, 1.807) is 0 Å². The van der Waals surface area contributed by atoms with Gasteiger partial charge in [0, 0.05) is 15.4 Å². The van der Waals surface area contributed by atoms with Crippen molar-refractivity contribution in [2.75, 3.05) is 6.61 Å². The third-order valence-corrected chi connectivity index (χ3v) is 4.90. The lowest BCUT2D eigenvalue weighted by Crippen LogP contribution is -1.90. The van der Waals surface area contributed by atoms with Gasteiger partial charge in [0.25, 0.3) is 0 Å². The summed E-state index contributed by atoms with van der Waals surface area (Å²) in [5, 5.41) is 12.2. The van der Waals surface area contributed by atoms with Gasteiger partial charge >= 0.3 is 0 Å². The number of allylic oxidation sites excluding steroid dienone is 1. The topological polar surface area (TPSA) is 45.9 Å². The summed E-state index contributed by atoms with van der Waals surface area (Å²) in [6, 6.07) is 17.9. The summed E-state index contributed by atoms with van der Waals surface area (Å²) >= 11 is 4.88. The Labute approximate surface area is 159 Å². The third kappa shape index (κ3) is 4.36. The lowest BCUT2D eigenvalue weighted by atomic mass is 10.1. The maximum atomic E-state index is 9.49. The van der Waals surface area contributed by atoms with E-state index < -0.39 is 0 Å². The van der Waals surface area contributed by atoms with Crippen molar-refractivity contribution in [3.05, 3.63) is 69.0 Å². The second-order valence-corrected chi connectivity index (χ2v) is 6.99. The van der Waals surface area contributed by atoms with Crippen molar-refractivity contribution >= 4 is 38.9 Å². The smallest absolute Gasteiger partial charge is 0.134 e. The number of rotatable bonds is 5. The number of hydrogen-bond donors (Lipinski definition) is 0. The zero-order valence-corrected chi connectivity index (χ0v) is 16.0. The van der Waals surface area contributed by atoms with Crippen LogP contribution in [0.4, 0.5) is 0 Å². The summed E-state index contributed by atoms with van der Waals surface area (Å²) < 4.78 is 6.47. The Morgan fingerprint density at radius 3 is 2.56 bits per heavy atom. The van der Waals surface area contributed by atoms with E-state index in [9.17, 15) is 5.26 Å². The van der Waals surface area contributed by atoms with Crippen LogP contribution in [0.3, 0.4) is 0 Å². The van der Waals surface area contributed by atoms with E-state index in [4.69, 9.17) is 4.74 Å². The lowest BCUT2D eigenvalue weighted by Gasteiger charge is -2.03. The fourth-order valence-electron chi connectivity index (χ4n) is 2.29. The minimum absolute atomic E-state index is 0.560. The number of nitrogens with zero attached hydrogens (tertiary/aromatic N) is 2. The molecule has 3 rings (SSSR count). The maximum Gasteiger partial charge on any atom is 0.134 e. The van der Waals surface area contributed by atoms with Gasteiger partial charge in [-0.05, 0) is 55.0 Å². The van der Waals surface area contributed by atoms with E-state index in [1.807, 2.05) is 66.9 Å². The zero-order chi connectivity index (χ0) is 17.6. The van der Waals surface area contributed by atoms with Gasteiger partial charge in [-0.3, -0.25) is 0 Å². The van der Waals surface area contributed by atoms with Crippen molar-refractivity contribution in [3.8, 4) is 23.1 Å². The van der Waals surface area contributed by atoms with Crippen molar-refractivity contribution in [1.82, 2.24) is 4.98 Å². The van der Waals surface area contributed by atoms with Gasteiger partial charge in [0.1, 0.15) is 16.8 Å². The summed E-state index contributed by atoms with van der Waals surface area (Å²) in [7, 11) is 0. The molecule has 0 aliphatic heterocycles. The third-order valence-electron chi connectivity index (χ3n) is 3.50. The first-order valence-electron chi connectivity index (χ1n) is 7.76. The minimum Gasteiger partial charge on any atom is -0.494 e. The summed E-state index contributed by atoms with van der Waals surface area (Å²) in [6.07, 6.45) is 1.85. The van der Waals surface area contributed by atoms with Crippen LogP contribution in [0.2, 0.25) is 0 Å². The summed E-state index contributed by atoms with van der Waals surface area (Å²) in [6.45, 7) is 2.61. The first-order valence-corrected chi connectivity index (χ1v) is 9.43. The van der Waals surface area contributed by atoms with Crippen molar-refractivity contribution in [2.24, 2.45) is 0 Å². The molecule has 2 aromatic carbocycles. The molecule has 0 aliphatic rings. The van der Waals surface area contributed by atoms with E-state index in [1.165, 1.54) is 11.3 Å². The quantitative estimate of drug-likeness (QED) is 0.481. The van der Waals surface area contributed by atoms with Gasteiger partial charge < -0.3 is 4.74 Å². The number of ether oxygens (including phenoxy) is 1. The van der Waals surface area contributed by atoms with Crippen LogP contribution < -0.4 is 4.74 Å². The summed E-state index contributed by atoms with van der Waals surface area (Å²) in [4.78, 5) is 4.62. The molecule has 0 fully saturated rings. The van der Waals surface area contributed by atoms with Crippen LogP contribution in [0.25, 0.3) is 22.9 Å². The van der Waals surface area contributed by atoms with Crippen LogP contribution in [0.5, 0.6) is 5.75 Å². The molecule has 3 nitrogen and oxygen atoms in total. The number of nitriles is 1. The monoisotopic (exact) mass is 410 g/mol. The second-order valence-electron chi connectivity index (χ2n) is 5.22. The molecule has 0 aliphatic carbocycles. The van der Waals surface area contributed by atoms with Crippen molar-refractivity contribution in [1.29, 1.82) is 5.26 Å². The summed E-state index contributed by atoms with van der Waals surface area (Å²) in [5.74, 6) is 0.842. The Bertz CT molecular complexity index is 922. The number of aromatic nitrogens is 1. The van der Waals surface area contributed by atoms with Crippen LogP contribution in [0, 0.1) is 11.3 Å². The number of halogens is 1. The normalized spacial score (nSPS) is 11.2. The molecule has 0 N–H and O–H groups in total. The first-order chi connectivity index (χ1) is 12.2. The maximum absolute atomic E-state index is 9.49. The highest BCUT2D eigenvalue weighted by molar-refractivity contribution is 9.10. The molecular weight excluding hydrogens is 396 g/mol. The van der Waals surface area contributed by atoms with Gasteiger partial charge in [-0.1, -0.05) is 28.1 Å². The fourth-order valence-corrected chi connectivity index (χ4v) is 3.35. The average molecular weight is 411 g/mol. The van der Waals surface area contributed by atoms with Crippen LogP contribution in [-0.4, -0.2) is 11.6 Å². The molecule has 0 saturated heterocycles. The largest absolute Gasteiger partial charge is 0.494 e. The van der Waals surface area contributed by atoms with Gasteiger partial charge in [0.05, 0.1) is 17.9 Å². The van der Waals surface area contributed by atoms with Crippen molar-refractivity contribution in [2.45, 2.75) is 6.92 Å². The molecule has 0 radical (unpaired) electrons. The number of hydrogen-bond acceptors (Lipinski definition) is 4. The molecule has 1 aromatic heterocycles. The summed E-state index contributed by atoms with van der Waals surface area (Å²) in [5.41, 5.74) is 3.40. The van der Waals surface area contributed by atoms with Crippen molar-refractivity contribution in [3.63, 3.8) is 0 Å². The number of thiazole rings is 1. The van der Waals surface area contributed by atoms with E-state index in [2.05, 4.69) is 27.0 Å². The van der Waals surface area contributed by atoms with Crippen molar-refractivity contribution < 1.29 is 4.74 Å². The van der Waals surface area contributed by atoms with Gasteiger partial charge in [0.15, 0.2) is 0 Å². The fraction of sp³-hybridized carbons (Fsp3) is 0.100. The van der Waals surface area contributed by atoms with Gasteiger partial charge in [-0.15, -0.1) is 11.3 Å². The Morgan fingerprint density at radius 2 is 1.92 bits per heavy atom. The molecule has 0 saturated carbocycles. The average Bonchev–Trinajstić information content (AvgIpc) is 3.12. The Balaban J connectivity index is 1.86. The van der Waals surface area contributed by atoms with Crippen LogP contribution in [-0.2, 0) is 0 Å². The Hall–Kier alpha value is -2.42. The van der Waals surface area contributed by atoms with E-state index in [0.717, 1.165) is 27.0 Å².